The Morgan fingerprint density at radius 1 is 1.03 bits per heavy atom. The molecule has 3 heterocycles. The van der Waals surface area contributed by atoms with Crippen LogP contribution in [0.25, 0.3) is 27.6 Å². The maximum absolute atomic E-state index is 15.0. The Balaban J connectivity index is 1.68. The van der Waals surface area contributed by atoms with E-state index in [0.29, 0.717) is 45.7 Å². The number of halogens is 2. The number of aryl methyl sites for hydroxylation is 1. The van der Waals surface area contributed by atoms with Crippen LogP contribution in [0.5, 0.6) is 17.4 Å². The molecule has 35 heavy (non-hydrogen) atoms. The van der Waals surface area contributed by atoms with Crippen molar-refractivity contribution in [1.82, 2.24) is 19.7 Å². The van der Waals surface area contributed by atoms with Crippen LogP contribution in [0.1, 0.15) is 25.5 Å². The third-order valence-corrected chi connectivity index (χ3v) is 5.58. The molecule has 3 aromatic heterocycles. The number of unbranched alkanes of at least 4 members (excludes halogenated alkanes) is 1. The minimum atomic E-state index is -0.524. The fourth-order valence-corrected chi connectivity index (χ4v) is 3.86. The zero-order chi connectivity index (χ0) is 24.5. The lowest BCUT2D eigenvalue weighted by Gasteiger charge is -2.11. The summed E-state index contributed by atoms with van der Waals surface area (Å²) in [6.45, 7) is 4.24. The van der Waals surface area contributed by atoms with Crippen LogP contribution in [0.4, 0.5) is 8.78 Å². The molecule has 0 atom stereocenters. The lowest BCUT2D eigenvalue weighted by molar-refractivity contribution is 0.309. The topological polar surface area (TPSA) is 82.0 Å². The van der Waals surface area contributed by atoms with Gasteiger partial charge in [-0.15, -0.1) is 0 Å². The van der Waals surface area contributed by atoms with Gasteiger partial charge in [-0.05, 0) is 55.8 Å². The van der Waals surface area contributed by atoms with Crippen LogP contribution in [-0.2, 0) is 0 Å². The number of hydrogen-bond acceptors (Lipinski definition) is 5. The van der Waals surface area contributed by atoms with E-state index >= 15 is 4.39 Å². The van der Waals surface area contributed by atoms with Crippen LogP contribution in [0.3, 0.4) is 0 Å². The van der Waals surface area contributed by atoms with Crippen molar-refractivity contribution in [3.63, 3.8) is 0 Å². The van der Waals surface area contributed by atoms with Gasteiger partial charge in [0.2, 0.25) is 5.88 Å². The van der Waals surface area contributed by atoms with Gasteiger partial charge in [-0.3, -0.25) is 4.79 Å². The predicted molar refractivity (Wildman–Crippen MR) is 129 cm³/mol. The van der Waals surface area contributed by atoms with Gasteiger partial charge in [0.25, 0.3) is 5.56 Å². The Labute approximate surface area is 198 Å². The van der Waals surface area contributed by atoms with Crippen LogP contribution in [0.15, 0.2) is 59.4 Å². The maximum Gasteiger partial charge on any atom is 0.259 e. The number of rotatable bonds is 7. The molecule has 0 unspecified atom stereocenters. The molecule has 0 fully saturated rings. The minimum Gasteiger partial charge on any atom is -0.494 e. The molecule has 0 radical (unpaired) electrons. The first kappa shape index (κ1) is 22.5. The van der Waals surface area contributed by atoms with Gasteiger partial charge < -0.3 is 14.5 Å². The minimum absolute atomic E-state index is 0.135. The average Bonchev–Trinajstić information content (AvgIpc) is 3.20. The molecule has 1 N–H and O–H groups in total. The second-order valence-corrected chi connectivity index (χ2v) is 8.09. The van der Waals surface area contributed by atoms with Crippen molar-refractivity contribution >= 4 is 21.9 Å². The number of hydrogen-bond donors (Lipinski definition) is 1. The Morgan fingerprint density at radius 2 is 1.80 bits per heavy atom. The lowest BCUT2D eigenvalue weighted by Crippen LogP contribution is -2.09. The molecule has 0 aliphatic heterocycles. The molecule has 0 spiro atoms. The molecule has 0 saturated carbocycles. The van der Waals surface area contributed by atoms with Crippen LogP contribution in [-0.4, -0.2) is 26.4 Å². The van der Waals surface area contributed by atoms with Crippen molar-refractivity contribution < 1.29 is 18.3 Å². The van der Waals surface area contributed by atoms with E-state index in [-0.39, 0.29) is 22.9 Å². The number of aromatic nitrogens is 4. The van der Waals surface area contributed by atoms with Crippen molar-refractivity contribution in [2.24, 2.45) is 0 Å². The number of H-pyrrole nitrogens is 1. The van der Waals surface area contributed by atoms with Crippen molar-refractivity contribution in [2.75, 3.05) is 6.61 Å². The van der Waals surface area contributed by atoms with E-state index in [4.69, 9.17) is 9.47 Å². The van der Waals surface area contributed by atoms with Crippen LogP contribution in [0, 0.1) is 18.6 Å². The summed E-state index contributed by atoms with van der Waals surface area (Å²) in [6.07, 6.45) is 1.84. The molecule has 0 bridgehead atoms. The molecule has 0 saturated heterocycles. The van der Waals surface area contributed by atoms with Gasteiger partial charge in [0.1, 0.15) is 39.9 Å². The maximum atomic E-state index is 15.0. The Bertz CT molecular complexity index is 1590. The fourth-order valence-electron chi connectivity index (χ4n) is 3.86. The Hall–Kier alpha value is -4.27. The van der Waals surface area contributed by atoms with Crippen molar-refractivity contribution in [2.45, 2.75) is 26.7 Å². The molecule has 2 aromatic carbocycles. The van der Waals surface area contributed by atoms with E-state index in [1.165, 1.54) is 35.0 Å². The summed E-state index contributed by atoms with van der Waals surface area (Å²) < 4.78 is 41.2. The third-order valence-electron chi connectivity index (χ3n) is 5.58. The lowest BCUT2D eigenvalue weighted by atomic mass is 10.2. The highest BCUT2D eigenvalue weighted by molar-refractivity contribution is 6.02. The molecule has 5 aromatic rings. The summed E-state index contributed by atoms with van der Waals surface area (Å²) in [5, 5.41) is 4.76. The summed E-state index contributed by atoms with van der Waals surface area (Å²) in [7, 11) is 0. The number of nitrogens with one attached hydrogen (secondary N) is 1. The first-order valence-corrected chi connectivity index (χ1v) is 11.2. The van der Waals surface area contributed by atoms with Crippen LogP contribution < -0.4 is 15.0 Å². The molecule has 7 nitrogen and oxygen atoms in total. The van der Waals surface area contributed by atoms with E-state index in [0.717, 1.165) is 12.8 Å². The summed E-state index contributed by atoms with van der Waals surface area (Å²) in [5.74, 6) is 0.208. The molecule has 0 aliphatic carbocycles. The quantitative estimate of drug-likeness (QED) is 0.299. The number of ether oxygens (including phenoxy) is 2. The largest absolute Gasteiger partial charge is 0.494 e. The van der Waals surface area contributed by atoms with Gasteiger partial charge in [-0.2, -0.15) is 5.10 Å². The van der Waals surface area contributed by atoms with Gasteiger partial charge in [0.05, 0.1) is 23.2 Å². The fraction of sp³-hybridized carbons (Fsp3) is 0.192. The number of pyridine rings is 2. The molecule has 0 amide bonds. The Morgan fingerprint density at radius 3 is 2.57 bits per heavy atom. The number of benzene rings is 2. The van der Waals surface area contributed by atoms with Gasteiger partial charge in [0, 0.05) is 12.1 Å². The third kappa shape index (κ3) is 4.32. The normalized spacial score (nSPS) is 11.3. The van der Waals surface area contributed by atoms with Gasteiger partial charge >= 0.3 is 0 Å². The van der Waals surface area contributed by atoms with Crippen molar-refractivity contribution in [3.8, 4) is 23.1 Å². The van der Waals surface area contributed by atoms with Crippen molar-refractivity contribution in [1.29, 1.82) is 0 Å². The van der Waals surface area contributed by atoms with Gasteiger partial charge in [-0.1, -0.05) is 13.3 Å². The van der Waals surface area contributed by atoms with E-state index < -0.39 is 5.82 Å². The number of aromatic amines is 1. The molecule has 5 rings (SSSR count). The molecular weight excluding hydrogens is 454 g/mol. The van der Waals surface area contributed by atoms with E-state index in [1.54, 1.807) is 31.2 Å². The monoisotopic (exact) mass is 476 g/mol. The zero-order valence-corrected chi connectivity index (χ0v) is 19.1. The number of nitrogens with zero attached hydrogens (tertiary/aromatic N) is 3. The number of fused-ring (bicyclic) bond motifs is 3. The molecule has 178 valence electrons. The molecule has 0 aliphatic rings. The second kappa shape index (κ2) is 9.17. The summed E-state index contributed by atoms with van der Waals surface area (Å²) >= 11 is 0. The van der Waals surface area contributed by atoms with E-state index in [9.17, 15) is 9.18 Å². The molecular formula is C26H22F2N4O3. The molecule has 9 heteroatoms. The summed E-state index contributed by atoms with van der Waals surface area (Å²) in [5.41, 5.74) is 1.35. The smallest absolute Gasteiger partial charge is 0.259 e. The van der Waals surface area contributed by atoms with E-state index in [2.05, 4.69) is 22.0 Å². The van der Waals surface area contributed by atoms with Gasteiger partial charge in [-0.25, -0.2) is 18.4 Å². The predicted octanol–water partition coefficient (Wildman–Crippen LogP) is 5.82. The summed E-state index contributed by atoms with van der Waals surface area (Å²) in [4.78, 5) is 20.2. The highest BCUT2D eigenvalue weighted by Gasteiger charge is 2.20. The van der Waals surface area contributed by atoms with Crippen molar-refractivity contribution in [3.05, 3.63) is 82.3 Å². The van der Waals surface area contributed by atoms with Crippen LogP contribution in [0.2, 0.25) is 0 Å². The highest BCUT2D eigenvalue weighted by atomic mass is 19.1. The first-order valence-electron chi connectivity index (χ1n) is 11.2. The first-order chi connectivity index (χ1) is 16.9. The van der Waals surface area contributed by atoms with Gasteiger partial charge in [0.15, 0.2) is 0 Å². The average molecular weight is 476 g/mol. The zero-order valence-electron chi connectivity index (χ0n) is 19.1. The second-order valence-electron chi connectivity index (χ2n) is 8.09. The SMILES string of the molecule is CCCCOc1ccc(F)c(-n2nc(C)c3c(=O)[nH]c4ccc(Oc5ccc(F)cc5)nc4c32)c1. The Kier molecular flexibility index (Phi) is 5.90. The summed E-state index contributed by atoms with van der Waals surface area (Å²) in [6, 6.07) is 13.2. The van der Waals surface area contributed by atoms with E-state index in [1.807, 2.05) is 0 Å². The van der Waals surface area contributed by atoms with Crippen LogP contribution >= 0.6 is 0 Å². The standard InChI is InChI=1S/C26H22F2N4O3/c1-3-4-13-34-18-9-10-19(28)21(14-18)32-25-23(15(2)31-32)26(33)29-20-11-12-22(30-24(20)25)35-17-7-5-16(27)6-8-17/h5-12,14H,3-4,13H2,1-2H3,(H,29,33). The highest BCUT2D eigenvalue weighted by Crippen LogP contribution is 2.30.